The van der Waals surface area contributed by atoms with Gasteiger partial charge in [-0.1, -0.05) is 12.1 Å². The van der Waals surface area contributed by atoms with Crippen LogP contribution in [-0.4, -0.2) is 62.0 Å². The van der Waals surface area contributed by atoms with Crippen LogP contribution in [0.4, 0.5) is 5.69 Å². The molecule has 0 aliphatic carbocycles. The quantitative estimate of drug-likeness (QED) is 0.769. The number of hydrogen-bond donors (Lipinski definition) is 1. The van der Waals surface area contributed by atoms with Crippen molar-refractivity contribution in [2.24, 2.45) is 0 Å². The molecule has 30 heavy (non-hydrogen) atoms. The molecule has 0 spiro atoms. The molecule has 2 heterocycles. The molecule has 1 saturated heterocycles. The highest BCUT2D eigenvalue weighted by atomic mass is 16.5. The molecule has 156 valence electrons. The first-order valence-corrected chi connectivity index (χ1v) is 10.1. The predicted octanol–water partition coefficient (Wildman–Crippen LogP) is 2.17. The molecule has 7 heteroatoms. The fraction of sp³-hybridized carbons (Fsp3) is 0.348. The van der Waals surface area contributed by atoms with E-state index in [0.717, 1.165) is 30.8 Å². The lowest BCUT2D eigenvalue weighted by atomic mass is 10.1. The minimum absolute atomic E-state index is 0.253. The highest BCUT2D eigenvalue weighted by molar-refractivity contribution is 6.35. The first-order valence-electron chi connectivity index (χ1n) is 10.1. The first kappa shape index (κ1) is 20.3. The Morgan fingerprint density at radius 3 is 2.53 bits per heavy atom. The van der Waals surface area contributed by atoms with Crippen LogP contribution in [-0.2, 0) is 4.74 Å². The summed E-state index contributed by atoms with van der Waals surface area (Å²) in [5.74, 6) is -1.01. The Kier molecular flexibility index (Phi) is 5.65. The molecule has 2 aliphatic heterocycles. The molecule has 1 N–H and O–H groups in total. The number of anilines is 1. The summed E-state index contributed by atoms with van der Waals surface area (Å²) in [5, 5.41) is 2.89. The third kappa shape index (κ3) is 3.74. The summed E-state index contributed by atoms with van der Waals surface area (Å²) in [6.45, 7) is 8.24. The molecule has 2 aromatic carbocycles. The fourth-order valence-electron chi connectivity index (χ4n) is 3.83. The van der Waals surface area contributed by atoms with E-state index in [-0.39, 0.29) is 17.4 Å². The minimum Gasteiger partial charge on any atom is -0.379 e. The van der Waals surface area contributed by atoms with Crippen LogP contribution in [0, 0.1) is 13.8 Å². The van der Waals surface area contributed by atoms with Gasteiger partial charge in [0.1, 0.15) is 0 Å². The van der Waals surface area contributed by atoms with E-state index in [1.54, 1.807) is 18.2 Å². The zero-order chi connectivity index (χ0) is 21.3. The van der Waals surface area contributed by atoms with E-state index in [2.05, 4.69) is 10.2 Å². The van der Waals surface area contributed by atoms with Gasteiger partial charge in [-0.3, -0.25) is 19.3 Å². The number of carbonyl (C=O) groups is 3. The van der Waals surface area contributed by atoms with E-state index < -0.39 is 5.91 Å². The smallest absolute Gasteiger partial charge is 0.266 e. The Morgan fingerprint density at radius 2 is 1.77 bits per heavy atom. The van der Waals surface area contributed by atoms with E-state index in [9.17, 15) is 14.4 Å². The first-order chi connectivity index (χ1) is 14.5. The highest BCUT2D eigenvalue weighted by Crippen LogP contribution is 2.32. The number of amides is 3. The second kappa shape index (κ2) is 8.38. The molecule has 2 aromatic rings. The lowest BCUT2D eigenvalue weighted by molar-refractivity contribution is 0.0383. The summed E-state index contributed by atoms with van der Waals surface area (Å²) in [6.07, 6.45) is 0. The fourth-order valence-corrected chi connectivity index (χ4v) is 3.83. The second-order valence-corrected chi connectivity index (χ2v) is 7.64. The average molecular weight is 407 g/mol. The molecule has 0 unspecified atom stereocenters. The Labute approximate surface area is 175 Å². The van der Waals surface area contributed by atoms with Gasteiger partial charge in [-0.2, -0.15) is 0 Å². The minimum atomic E-state index is -0.397. The van der Waals surface area contributed by atoms with Gasteiger partial charge in [-0.15, -0.1) is 0 Å². The van der Waals surface area contributed by atoms with Gasteiger partial charge in [-0.05, 0) is 49.2 Å². The third-order valence-corrected chi connectivity index (χ3v) is 5.78. The van der Waals surface area contributed by atoms with Crippen molar-refractivity contribution in [2.45, 2.75) is 13.8 Å². The van der Waals surface area contributed by atoms with Crippen LogP contribution in [0.3, 0.4) is 0 Å². The molecule has 2 aliphatic rings. The van der Waals surface area contributed by atoms with Gasteiger partial charge in [0.05, 0.1) is 30.0 Å². The molecule has 1 fully saturated rings. The van der Waals surface area contributed by atoms with Gasteiger partial charge in [-0.25, -0.2) is 4.90 Å². The van der Waals surface area contributed by atoms with E-state index in [1.807, 2.05) is 26.0 Å². The van der Waals surface area contributed by atoms with Gasteiger partial charge >= 0.3 is 0 Å². The molecule has 3 amide bonds. The van der Waals surface area contributed by atoms with E-state index in [4.69, 9.17) is 4.74 Å². The molecular weight excluding hydrogens is 382 g/mol. The van der Waals surface area contributed by atoms with Crippen molar-refractivity contribution in [1.29, 1.82) is 0 Å². The van der Waals surface area contributed by atoms with E-state index in [0.29, 0.717) is 36.6 Å². The molecule has 7 nitrogen and oxygen atoms in total. The summed E-state index contributed by atoms with van der Waals surface area (Å²) in [7, 11) is 0. The maximum absolute atomic E-state index is 13.0. The number of hydrogen-bond acceptors (Lipinski definition) is 5. The average Bonchev–Trinajstić information content (AvgIpc) is 3.00. The zero-order valence-electron chi connectivity index (χ0n) is 17.2. The second-order valence-electron chi connectivity index (χ2n) is 7.64. The molecule has 0 radical (unpaired) electrons. The Hall–Kier alpha value is -3.03. The number of rotatable bonds is 5. The van der Waals surface area contributed by atoms with Gasteiger partial charge in [0.2, 0.25) is 0 Å². The number of nitrogens with one attached hydrogen (secondary N) is 1. The lowest BCUT2D eigenvalue weighted by Gasteiger charge is -2.26. The van der Waals surface area contributed by atoms with Crippen molar-refractivity contribution in [3.8, 4) is 0 Å². The van der Waals surface area contributed by atoms with Crippen LogP contribution >= 0.6 is 0 Å². The number of ether oxygens (including phenoxy) is 1. The van der Waals surface area contributed by atoms with E-state index in [1.165, 1.54) is 11.0 Å². The zero-order valence-corrected chi connectivity index (χ0v) is 17.2. The van der Waals surface area contributed by atoms with Crippen molar-refractivity contribution < 1.29 is 19.1 Å². The summed E-state index contributed by atoms with van der Waals surface area (Å²) >= 11 is 0. The molecule has 0 atom stereocenters. The Morgan fingerprint density at radius 1 is 1.03 bits per heavy atom. The van der Waals surface area contributed by atoms with Crippen molar-refractivity contribution in [2.75, 3.05) is 44.3 Å². The van der Waals surface area contributed by atoms with Crippen LogP contribution < -0.4 is 10.2 Å². The van der Waals surface area contributed by atoms with E-state index >= 15 is 0 Å². The number of nitrogens with zero attached hydrogens (tertiary/aromatic N) is 2. The number of carbonyl (C=O) groups excluding carboxylic acids is 3. The maximum Gasteiger partial charge on any atom is 0.266 e. The normalized spacial score (nSPS) is 16.7. The SMILES string of the molecule is Cc1cccc(N2C(=O)c3ccc(C(=O)NCCN4CCOCC4)cc3C2=O)c1C. The standard InChI is InChI=1S/C23H25N3O4/c1-15-4-3-5-20(16(15)2)26-22(28)18-7-6-17(14-19(18)23(26)29)21(27)24-8-9-25-10-12-30-13-11-25/h3-7,14H,8-13H2,1-2H3,(H,24,27). The monoisotopic (exact) mass is 407 g/mol. The van der Waals surface area contributed by atoms with Crippen molar-refractivity contribution in [3.63, 3.8) is 0 Å². The van der Waals surface area contributed by atoms with Crippen molar-refractivity contribution in [3.05, 3.63) is 64.2 Å². The summed E-state index contributed by atoms with van der Waals surface area (Å²) < 4.78 is 5.32. The molecule has 0 saturated carbocycles. The van der Waals surface area contributed by atoms with Crippen LogP contribution in [0.2, 0.25) is 0 Å². The van der Waals surface area contributed by atoms with Crippen LogP contribution in [0.1, 0.15) is 42.2 Å². The van der Waals surface area contributed by atoms with Crippen LogP contribution in [0.5, 0.6) is 0 Å². The summed E-state index contributed by atoms with van der Waals surface area (Å²) in [5.41, 5.74) is 3.43. The van der Waals surface area contributed by atoms with Crippen LogP contribution in [0.15, 0.2) is 36.4 Å². The molecule has 0 aromatic heterocycles. The summed E-state index contributed by atoms with van der Waals surface area (Å²) in [4.78, 5) is 41.9. The molecule has 0 bridgehead atoms. The lowest BCUT2D eigenvalue weighted by Crippen LogP contribution is -2.41. The van der Waals surface area contributed by atoms with Gasteiger partial charge in [0.15, 0.2) is 0 Å². The molecular formula is C23H25N3O4. The van der Waals surface area contributed by atoms with Gasteiger partial charge in [0, 0.05) is 31.7 Å². The number of morpholine rings is 1. The predicted molar refractivity (Wildman–Crippen MR) is 113 cm³/mol. The van der Waals surface area contributed by atoms with Gasteiger partial charge in [0.25, 0.3) is 17.7 Å². The van der Waals surface area contributed by atoms with Gasteiger partial charge < -0.3 is 10.1 Å². The Balaban J connectivity index is 1.49. The Bertz CT molecular complexity index is 1010. The largest absolute Gasteiger partial charge is 0.379 e. The maximum atomic E-state index is 13.0. The number of imide groups is 1. The highest BCUT2D eigenvalue weighted by Gasteiger charge is 2.37. The van der Waals surface area contributed by atoms with Crippen molar-refractivity contribution >= 4 is 23.4 Å². The van der Waals surface area contributed by atoms with Crippen molar-refractivity contribution in [1.82, 2.24) is 10.2 Å². The van der Waals surface area contributed by atoms with Crippen LogP contribution in [0.25, 0.3) is 0 Å². The summed E-state index contributed by atoms with van der Waals surface area (Å²) in [6, 6.07) is 10.2. The topological polar surface area (TPSA) is 79.0 Å². The molecule has 4 rings (SSSR count). The third-order valence-electron chi connectivity index (χ3n) is 5.78. The number of fused-ring (bicyclic) bond motifs is 1. The number of aryl methyl sites for hydroxylation is 1. The number of benzene rings is 2.